The Morgan fingerprint density at radius 1 is 1.38 bits per heavy atom. The summed E-state index contributed by atoms with van der Waals surface area (Å²) in [6, 6.07) is 0. The van der Waals surface area contributed by atoms with Crippen LogP contribution in [0.25, 0.3) is 11.2 Å². The van der Waals surface area contributed by atoms with Crippen LogP contribution < -0.4 is 5.32 Å². The van der Waals surface area contributed by atoms with Gasteiger partial charge in [0.2, 0.25) is 0 Å². The van der Waals surface area contributed by atoms with Gasteiger partial charge in [-0.1, -0.05) is 15.9 Å². The number of aromatic nitrogens is 4. The van der Waals surface area contributed by atoms with E-state index >= 15 is 0 Å². The molecule has 2 aromatic heterocycles. The van der Waals surface area contributed by atoms with E-state index in [1.54, 1.807) is 6.33 Å². The second kappa shape index (κ2) is 3.69. The third kappa shape index (κ3) is 1.62. The van der Waals surface area contributed by atoms with Gasteiger partial charge in [-0.05, 0) is 0 Å². The van der Waals surface area contributed by atoms with Gasteiger partial charge in [-0.3, -0.25) is 0 Å². The fourth-order valence-electron chi connectivity index (χ4n) is 1.06. The molecule has 0 saturated carbocycles. The minimum atomic E-state index is 0.687. The maximum absolute atomic E-state index is 4.10. The fraction of sp³-hybridized carbons (Fsp3) is 0.286. The van der Waals surface area contributed by atoms with E-state index in [-0.39, 0.29) is 0 Å². The quantitative estimate of drug-likeness (QED) is 0.792. The lowest BCUT2D eigenvalue weighted by Crippen LogP contribution is -2.04. The van der Waals surface area contributed by atoms with Crippen LogP contribution in [0.15, 0.2) is 12.7 Å². The second-order valence-electron chi connectivity index (χ2n) is 2.44. The highest BCUT2D eigenvalue weighted by Crippen LogP contribution is 2.13. The summed E-state index contributed by atoms with van der Waals surface area (Å²) in [5, 5.41) is 4.04. The molecule has 0 bridgehead atoms. The Morgan fingerprint density at radius 2 is 2.31 bits per heavy atom. The zero-order valence-corrected chi connectivity index (χ0v) is 8.37. The van der Waals surface area contributed by atoms with Crippen molar-refractivity contribution in [1.29, 1.82) is 0 Å². The Hall–Kier alpha value is -1.17. The highest BCUT2D eigenvalue weighted by molar-refractivity contribution is 9.09. The van der Waals surface area contributed by atoms with E-state index in [1.807, 2.05) is 0 Å². The van der Waals surface area contributed by atoms with Gasteiger partial charge >= 0.3 is 0 Å². The normalized spacial score (nSPS) is 10.5. The zero-order valence-electron chi connectivity index (χ0n) is 6.79. The molecule has 13 heavy (non-hydrogen) atoms. The molecule has 0 saturated heterocycles. The van der Waals surface area contributed by atoms with Crippen molar-refractivity contribution in [2.75, 3.05) is 17.2 Å². The number of imidazole rings is 1. The van der Waals surface area contributed by atoms with E-state index in [1.165, 1.54) is 6.33 Å². The minimum Gasteiger partial charge on any atom is -0.367 e. The summed E-state index contributed by atoms with van der Waals surface area (Å²) in [5.41, 5.74) is 1.54. The van der Waals surface area contributed by atoms with Crippen LogP contribution in [0.2, 0.25) is 0 Å². The van der Waals surface area contributed by atoms with Gasteiger partial charge in [0.1, 0.15) is 11.8 Å². The molecule has 0 aromatic carbocycles. The summed E-state index contributed by atoms with van der Waals surface area (Å²) in [5.74, 6) is 0.793. The molecule has 2 aromatic rings. The average Bonchev–Trinajstić information content (AvgIpc) is 2.62. The summed E-state index contributed by atoms with van der Waals surface area (Å²) < 4.78 is 0. The molecule has 2 rings (SSSR count). The zero-order chi connectivity index (χ0) is 9.10. The molecule has 0 spiro atoms. The predicted octanol–water partition coefficient (Wildman–Crippen LogP) is 1.16. The standard InChI is InChI=1S/C7H8BrN5/c8-1-2-9-6-5-7(11-3-10-5)13-4-12-6/h3-4H,1-2H2,(H2,9,10,11,12,13). The largest absolute Gasteiger partial charge is 0.367 e. The SMILES string of the molecule is BrCCNc1ncnc2nc[nH]c12. The molecule has 2 N–H and O–H groups in total. The summed E-state index contributed by atoms with van der Waals surface area (Å²) in [4.78, 5) is 15.1. The van der Waals surface area contributed by atoms with Crippen molar-refractivity contribution in [3.05, 3.63) is 12.7 Å². The molecule has 0 atom stereocenters. The Morgan fingerprint density at radius 3 is 3.15 bits per heavy atom. The third-order valence-electron chi connectivity index (χ3n) is 1.61. The van der Waals surface area contributed by atoms with E-state index < -0.39 is 0 Å². The van der Waals surface area contributed by atoms with E-state index in [0.717, 1.165) is 23.2 Å². The van der Waals surface area contributed by atoms with Crippen molar-refractivity contribution < 1.29 is 0 Å². The Kier molecular flexibility index (Phi) is 2.40. The number of rotatable bonds is 3. The number of hydrogen-bond donors (Lipinski definition) is 2. The fourth-order valence-corrected chi connectivity index (χ4v) is 1.26. The molecular formula is C7H8BrN5. The maximum Gasteiger partial charge on any atom is 0.182 e. The molecule has 5 nitrogen and oxygen atoms in total. The van der Waals surface area contributed by atoms with Crippen LogP contribution in [-0.2, 0) is 0 Å². The topological polar surface area (TPSA) is 66.5 Å². The van der Waals surface area contributed by atoms with Crippen LogP contribution in [0.4, 0.5) is 5.82 Å². The monoisotopic (exact) mass is 241 g/mol. The average molecular weight is 242 g/mol. The predicted molar refractivity (Wildman–Crippen MR) is 54.0 cm³/mol. The lowest BCUT2D eigenvalue weighted by atomic mass is 10.5. The number of hydrogen-bond acceptors (Lipinski definition) is 4. The maximum atomic E-state index is 4.10. The first-order chi connectivity index (χ1) is 6.42. The molecule has 6 heteroatoms. The van der Waals surface area contributed by atoms with Crippen molar-refractivity contribution in [3.8, 4) is 0 Å². The lowest BCUT2D eigenvalue weighted by molar-refractivity contribution is 1.14. The molecule has 0 unspecified atom stereocenters. The molecular weight excluding hydrogens is 234 g/mol. The highest BCUT2D eigenvalue weighted by atomic mass is 79.9. The molecule has 68 valence electrons. The Bertz CT molecular complexity index is 398. The van der Waals surface area contributed by atoms with Crippen LogP contribution in [0.5, 0.6) is 0 Å². The number of fused-ring (bicyclic) bond motifs is 1. The van der Waals surface area contributed by atoms with Crippen LogP contribution in [0.1, 0.15) is 0 Å². The first-order valence-electron chi connectivity index (χ1n) is 3.85. The van der Waals surface area contributed by atoms with Crippen molar-refractivity contribution >= 4 is 32.9 Å². The van der Waals surface area contributed by atoms with Crippen molar-refractivity contribution in [2.24, 2.45) is 0 Å². The molecule has 0 amide bonds. The number of nitrogens with one attached hydrogen (secondary N) is 2. The minimum absolute atomic E-state index is 0.687. The van der Waals surface area contributed by atoms with Crippen molar-refractivity contribution in [2.45, 2.75) is 0 Å². The highest BCUT2D eigenvalue weighted by Gasteiger charge is 2.03. The summed E-state index contributed by atoms with van der Waals surface area (Å²) in [6.45, 7) is 0.825. The van der Waals surface area contributed by atoms with Gasteiger partial charge < -0.3 is 10.3 Å². The van der Waals surface area contributed by atoms with Crippen LogP contribution >= 0.6 is 15.9 Å². The summed E-state index contributed by atoms with van der Waals surface area (Å²) in [6.07, 6.45) is 3.11. The first kappa shape index (κ1) is 8.43. The van der Waals surface area contributed by atoms with Gasteiger partial charge in [0.05, 0.1) is 6.33 Å². The van der Waals surface area contributed by atoms with Crippen molar-refractivity contribution in [1.82, 2.24) is 19.9 Å². The Labute approximate surface area is 83.1 Å². The van der Waals surface area contributed by atoms with E-state index in [0.29, 0.717) is 5.65 Å². The number of alkyl halides is 1. The first-order valence-corrected chi connectivity index (χ1v) is 4.98. The van der Waals surface area contributed by atoms with Gasteiger partial charge in [0.25, 0.3) is 0 Å². The number of anilines is 1. The summed E-state index contributed by atoms with van der Waals surface area (Å²) >= 11 is 3.33. The van der Waals surface area contributed by atoms with Crippen LogP contribution in [0.3, 0.4) is 0 Å². The van der Waals surface area contributed by atoms with Crippen molar-refractivity contribution in [3.63, 3.8) is 0 Å². The second-order valence-corrected chi connectivity index (χ2v) is 3.23. The van der Waals surface area contributed by atoms with Gasteiger partial charge in [-0.2, -0.15) is 0 Å². The summed E-state index contributed by atoms with van der Waals surface area (Å²) in [7, 11) is 0. The molecule has 0 aliphatic heterocycles. The van der Waals surface area contributed by atoms with Crippen LogP contribution in [0, 0.1) is 0 Å². The van der Waals surface area contributed by atoms with Crippen LogP contribution in [-0.4, -0.2) is 31.8 Å². The van der Waals surface area contributed by atoms with E-state index in [2.05, 4.69) is 41.2 Å². The van der Waals surface area contributed by atoms with E-state index in [4.69, 9.17) is 0 Å². The lowest BCUT2D eigenvalue weighted by Gasteiger charge is -2.02. The molecule has 0 aliphatic carbocycles. The number of aromatic amines is 1. The smallest absolute Gasteiger partial charge is 0.182 e. The Balaban J connectivity index is 2.37. The van der Waals surface area contributed by atoms with Gasteiger partial charge in [0, 0.05) is 11.9 Å². The van der Waals surface area contributed by atoms with Gasteiger partial charge in [0.15, 0.2) is 11.5 Å². The molecule has 0 radical (unpaired) electrons. The van der Waals surface area contributed by atoms with Gasteiger partial charge in [-0.25, -0.2) is 15.0 Å². The van der Waals surface area contributed by atoms with Gasteiger partial charge in [-0.15, -0.1) is 0 Å². The number of halogens is 1. The molecule has 2 heterocycles. The molecule has 0 aliphatic rings. The third-order valence-corrected chi connectivity index (χ3v) is 2.01. The molecule has 0 fully saturated rings. The van der Waals surface area contributed by atoms with E-state index in [9.17, 15) is 0 Å². The number of H-pyrrole nitrogens is 1. The number of nitrogens with zero attached hydrogens (tertiary/aromatic N) is 3.